The highest BCUT2D eigenvalue weighted by Crippen LogP contribution is 2.42. The molecule has 0 amide bonds. The third-order valence-corrected chi connectivity index (χ3v) is 21.9. The molecule has 556 valence electrons. The molecule has 0 aliphatic carbocycles. The zero-order valence-electron chi connectivity index (χ0n) is 63.2. The minimum atomic E-state index is 0. The van der Waals surface area contributed by atoms with Crippen LogP contribution in [0.25, 0.3) is 222 Å². The van der Waals surface area contributed by atoms with E-state index in [-0.39, 0.29) is 7.43 Å². The zero-order chi connectivity index (χ0) is 77.5. The standard InChI is InChI=1S/2C38H24N2O.C32H20N2O.CH4/c1-3-10-27(11-4-1)36-37(28-12-5-2-6-13-28)40-38-30(15-9-16-33(38)39-36)26-20-18-25(19-21-26)29-22-23-35-32(24-29)31-14-7-8-17-34(31)41-35;1-3-9-27(10-4-1)37-33-24-29(19-21-34(33)39-38(40-37)28-11-5-2-6-12-28)25-15-17-26(18-16-25)30-20-22-36-32(23-30)31-13-7-8-14-35(31)41-36;1-3-9-21(10-4-1)31-32(22-11-5-2-6-12-22)34-28-20-24(15-17-27(28)33-31)23-16-18-30-26(19-23)25-13-7-8-14-29(25)35-30;/h2*1-24H;1-20H;1H4. The summed E-state index contributed by atoms with van der Waals surface area (Å²) < 4.78 is 18.1. The van der Waals surface area contributed by atoms with E-state index in [1.807, 2.05) is 146 Å². The summed E-state index contributed by atoms with van der Waals surface area (Å²) in [5.74, 6) is 0.733. The summed E-state index contributed by atoms with van der Waals surface area (Å²) in [7, 11) is 0. The molecule has 0 radical (unpaired) electrons. The van der Waals surface area contributed by atoms with Crippen molar-refractivity contribution in [3.05, 3.63) is 413 Å². The van der Waals surface area contributed by atoms with Crippen molar-refractivity contribution in [1.29, 1.82) is 0 Å². The van der Waals surface area contributed by atoms with Crippen LogP contribution in [0.15, 0.2) is 426 Å². The first-order valence-electron chi connectivity index (χ1n) is 39.2. The molecule has 0 aliphatic heterocycles. The van der Waals surface area contributed by atoms with Gasteiger partial charge in [-0.1, -0.05) is 335 Å². The van der Waals surface area contributed by atoms with Gasteiger partial charge >= 0.3 is 0 Å². The average molecular weight is 1510 g/mol. The summed E-state index contributed by atoms with van der Waals surface area (Å²) in [6, 6.07) is 142. The van der Waals surface area contributed by atoms with Crippen molar-refractivity contribution in [3.8, 4) is 123 Å². The molecule has 118 heavy (non-hydrogen) atoms. The maximum Gasteiger partial charge on any atom is 0.160 e. The third kappa shape index (κ3) is 13.7. The predicted octanol–water partition coefficient (Wildman–Crippen LogP) is 29.6. The summed E-state index contributed by atoms with van der Waals surface area (Å²) in [6.07, 6.45) is 0. The van der Waals surface area contributed by atoms with E-state index in [1.54, 1.807) is 0 Å². The van der Waals surface area contributed by atoms with Gasteiger partial charge in [0.1, 0.15) is 33.5 Å². The third-order valence-electron chi connectivity index (χ3n) is 21.9. The Morgan fingerprint density at radius 2 is 0.458 bits per heavy atom. The number of nitrogens with zero attached hydrogens (tertiary/aromatic N) is 6. The van der Waals surface area contributed by atoms with Crippen molar-refractivity contribution in [1.82, 2.24) is 29.9 Å². The Bertz CT molecular complexity index is 7650. The first-order chi connectivity index (χ1) is 57.9. The van der Waals surface area contributed by atoms with Gasteiger partial charge in [0.2, 0.25) is 0 Å². The van der Waals surface area contributed by atoms with Gasteiger partial charge in [-0.15, -0.1) is 0 Å². The molecule has 0 bridgehead atoms. The normalized spacial score (nSPS) is 11.3. The van der Waals surface area contributed by atoms with Crippen LogP contribution in [0.5, 0.6) is 0 Å². The van der Waals surface area contributed by atoms with Crippen LogP contribution in [0.2, 0.25) is 0 Å². The van der Waals surface area contributed by atoms with Gasteiger partial charge in [-0.2, -0.15) is 0 Å². The fourth-order valence-electron chi connectivity index (χ4n) is 16.0. The number of hydrogen-bond donors (Lipinski definition) is 0. The lowest BCUT2D eigenvalue weighted by atomic mass is 9.97. The topological polar surface area (TPSA) is 117 Å². The first-order valence-corrected chi connectivity index (χ1v) is 39.2. The van der Waals surface area contributed by atoms with Crippen molar-refractivity contribution >= 4 is 98.8 Å². The molecule has 9 nitrogen and oxygen atoms in total. The second kappa shape index (κ2) is 30.9. The summed E-state index contributed by atoms with van der Waals surface area (Å²) in [5.41, 5.74) is 32.0. The Morgan fingerprint density at radius 3 is 0.890 bits per heavy atom. The van der Waals surface area contributed by atoms with Crippen LogP contribution in [0, 0.1) is 0 Å². The molecule has 0 aliphatic rings. The Hall–Kier alpha value is -15.8. The number of furan rings is 3. The molecule has 0 fully saturated rings. The monoisotopic (exact) mass is 1510 g/mol. The van der Waals surface area contributed by atoms with E-state index in [0.717, 1.165) is 211 Å². The largest absolute Gasteiger partial charge is 0.456 e. The van der Waals surface area contributed by atoms with E-state index in [9.17, 15) is 0 Å². The first kappa shape index (κ1) is 71.2. The SMILES string of the molecule is C.c1ccc(-c2nc(-c3ccccc3)c3cc(-c4ccc(-c5ccc6oc7ccccc7c6c5)cc4)ccc3n2)cc1.c1ccc(-c2nc3ccc(-c4ccc5oc6ccccc6c5c4)cc3nc2-c2ccccc2)cc1.c1ccc(-c2nc3cccc(-c4ccc(-c5ccc6oc7ccccc7c6c5)cc4)c3nc2-c2ccccc2)cc1. The van der Waals surface area contributed by atoms with Crippen LogP contribution in [-0.4, -0.2) is 29.9 Å². The van der Waals surface area contributed by atoms with Gasteiger partial charge in [-0.3, -0.25) is 0 Å². The van der Waals surface area contributed by atoms with Crippen LogP contribution < -0.4 is 0 Å². The number of benzene rings is 17. The second-order valence-corrected chi connectivity index (χ2v) is 29.1. The molecule has 23 aromatic rings. The van der Waals surface area contributed by atoms with E-state index >= 15 is 0 Å². The molecule has 0 N–H and O–H groups in total. The van der Waals surface area contributed by atoms with E-state index in [0.29, 0.717) is 0 Å². The maximum absolute atomic E-state index is 6.03. The lowest BCUT2D eigenvalue weighted by Gasteiger charge is -2.13. The molecule has 0 atom stereocenters. The summed E-state index contributed by atoms with van der Waals surface area (Å²) in [5, 5.41) is 7.84. The molecule has 0 saturated carbocycles. The molecule has 9 heteroatoms. The molecule has 17 aromatic carbocycles. The van der Waals surface area contributed by atoms with Crippen molar-refractivity contribution < 1.29 is 13.3 Å². The van der Waals surface area contributed by atoms with E-state index in [4.69, 9.17) is 43.2 Å². The molecule has 0 saturated heterocycles. The fourth-order valence-corrected chi connectivity index (χ4v) is 16.0. The van der Waals surface area contributed by atoms with Crippen LogP contribution in [0.4, 0.5) is 0 Å². The van der Waals surface area contributed by atoms with Crippen molar-refractivity contribution in [3.63, 3.8) is 0 Å². The van der Waals surface area contributed by atoms with Crippen LogP contribution in [0.1, 0.15) is 7.43 Å². The zero-order valence-corrected chi connectivity index (χ0v) is 63.2. The predicted molar refractivity (Wildman–Crippen MR) is 487 cm³/mol. The van der Waals surface area contributed by atoms with E-state index < -0.39 is 0 Å². The summed E-state index contributed by atoms with van der Waals surface area (Å²) in [4.78, 5) is 30.6. The smallest absolute Gasteiger partial charge is 0.160 e. The number of fused-ring (bicyclic) bond motifs is 12. The molecule has 6 heterocycles. The van der Waals surface area contributed by atoms with Crippen molar-refractivity contribution in [2.24, 2.45) is 0 Å². The number of rotatable bonds is 11. The molecule has 0 spiro atoms. The highest BCUT2D eigenvalue weighted by Gasteiger charge is 2.21. The molecule has 0 unspecified atom stereocenters. The highest BCUT2D eigenvalue weighted by atomic mass is 16.3. The number of hydrogen-bond acceptors (Lipinski definition) is 9. The van der Waals surface area contributed by atoms with Crippen LogP contribution >= 0.6 is 0 Å². The van der Waals surface area contributed by atoms with Gasteiger partial charge in [-0.05, 0) is 135 Å². The quantitative estimate of drug-likeness (QED) is 0.125. The average Bonchev–Trinajstić information content (AvgIpc) is 1.13. The number of para-hydroxylation sites is 4. The second-order valence-electron chi connectivity index (χ2n) is 29.1. The highest BCUT2D eigenvalue weighted by molar-refractivity contribution is 6.09. The molecular formula is C109H72N6O3. The fraction of sp³-hybridized carbons (Fsp3) is 0.00917. The van der Waals surface area contributed by atoms with Crippen molar-refractivity contribution in [2.75, 3.05) is 0 Å². The van der Waals surface area contributed by atoms with Gasteiger partial charge in [0, 0.05) is 76.6 Å². The molecule has 6 aromatic heterocycles. The Balaban J connectivity index is 0.000000114. The van der Waals surface area contributed by atoms with Gasteiger partial charge in [0.05, 0.1) is 56.1 Å². The Kier molecular flexibility index (Phi) is 18.7. The Morgan fingerprint density at radius 1 is 0.153 bits per heavy atom. The Labute approximate surface area is 680 Å². The minimum absolute atomic E-state index is 0. The molecule has 23 rings (SSSR count). The van der Waals surface area contributed by atoms with Gasteiger partial charge in [0.15, 0.2) is 5.82 Å². The van der Waals surface area contributed by atoms with E-state index in [1.165, 1.54) is 11.1 Å². The van der Waals surface area contributed by atoms with Gasteiger partial charge < -0.3 is 13.3 Å². The lowest BCUT2D eigenvalue weighted by Crippen LogP contribution is -1.97. The van der Waals surface area contributed by atoms with Gasteiger partial charge in [0.25, 0.3) is 0 Å². The van der Waals surface area contributed by atoms with E-state index in [2.05, 4.69) is 267 Å². The minimum Gasteiger partial charge on any atom is -0.456 e. The lowest BCUT2D eigenvalue weighted by molar-refractivity contribution is 0.668. The van der Waals surface area contributed by atoms with Crippen LogP contribution in [-0.2, 0) is 0 Å². The maximum atomic E-state index is 6.03. The summed E-state index contributed by atoms with van der Waals surface area (Å²) >= 11 is 0. The number of aromatic nitrogens is 6. The van der Waals surface area contributed by atoms with Crippen molar-refractivity contribution in [2.45, 2.75) is 7.43 Å². The molecular weight excluding hydrogens is 1440 g/mol. The van der Waals surface area contributed by atoms with Gasteiger partial charge in [-0.25, -0.2) is 29.9 Å². The summed E-state index contributed by atoms with van der Waals surface area (Å²) in [6.45, 7) is 0. The van der Waals surface area contributed by atoms with Crippen LogP contribution in [0.3, 0.4) is 0 Å².